The lowest BCUT2D eigenvalue weighted by Gasteiger charge is -2.07. The zero-order valence-corrected chi connectivity index (χ0v) is 15.3. The van der Waals surface area contributed by atoms with Gasteiger partial charge in [0.1, 0.15) is 5.75 Å². The van der Waals surface area contributed by atoms with Crippen LogP contribution in [0.15, 0.2) is 53.6 Å². The Labute approximate surface area is 165 Å². The van der Waals surface area contributed by atoms with Crippen LogP contribution in [0.3, 0.4) is 0 Å². The Hall–Kier alpha value is -4.14. The molecule has 0 unspecified atom stereocenters. The van der Waals surface area contributed by atoms with Crippen LogP contribution in [0.1, 0.15) is 22.8 Å². The summed E-state index contributed by atoms with van der Waals surface area (Å²) in [4.78, 5) is 22.7. The first kappa shape index (κ1) is 19.6. The van der Waals surface area contributed by atoms with Crippen molar-refractivity contribution in [2.24, 2.45) is 5.10 Å². The van der Waals surface area contributed by atoms with Crippen molar-refractivity contribution in [1.82, 2.24) is 5.43 Å². The molecule has 9 heteroatoms. The average molecular weight is 395 g/mol. The molecule has 0 aliphatic heterocycles. The summed E-state index contributed by atoms with van der Waals surface area (Å²) in [6, 6.07) is 12.7. The zero-order chi connectivity index (χ0) is 21.0. The summed E-state index contributed by atoms with van der Waals surface area (Å²) < 4.78 is 5.18. The van der Waals surface area contributed by atoms with Crippen molar-refractivity contribution in [3.8, 4) is 17.2 Å². The Bertz CT molecular complexity index is 1130. The molecule has 3 aromatic carbocycles. The second-order valence-corrected chi connectivity index (χ2v) is 5.99. The van der Waals surface area contributed by atoms with Gasteiger partial charge in [-0.05, 0) is 35.9 Å². The average Bonchev–Trinajstić information content (AvgIpc) is 2.69. The summed E-state index contributed by atoms with van der Waals surface area (Å²) >= 11 is 0. The van der Waals surface area contributed by atoms with Crippen molar-refractivity contribution >= 4 is 28.6 Å². The number of fused-ring (bicyclic) bond motifs is 1. The molecule has 0 saturated heterocycles. The van der Waals surface area contributed by atoms with E-state index in [0.717, 1.165) is 16.8 Å². The lowest BCUT2D eigenvalue weighted by Crippen LogP contribution is -2.17. The predicted octanol–water partition coefficient (Wildman–Crippen LogP) is 3.32. The van der Waals surface area contributed by atoms with E-state index in [1.807, 2.05) is 18.2 Å². The van der Waals surface area contributed by atoms with Gasteiger partial charge < -0.3 is 14.9 Å². The summed E-state index contributed by atoms with van der Waals surface area (Å²) in [5, 5.41) is 36.4. The number of phenols is 2. The number of carbonyl (C=O) groups is 1. The van der Waals surface area contributed by atoms with Crippen LogP contribution < -0.4 is 10.2 Å². The minimum atomic E-state index is -0.749. The molecule has 148 valence electrons. The minimum absolute atomic E-state index is 0.0348. The summed E-state index contributed by atoms with van der Waals surface area (Å²) in [5.74, 6) is -1.50. The molecule has 3 aromatic rings. The first-order chi connectivity index (χ1) is 13.9. The van der Waals surface area contributed by atoms with Gasteiger partial charge >= 0.3 is 5.69 Å². The molecule has 0 aromatic heterocycles. The smallest absolute Gasteiger partial charge is 0.315 e. The van der Waals surface area contributed by atoms with Crippen molar-refractivity contribution in [2.45, 2.75) is 6.92 Å². The fourth-order valence-electron chi connectivity index (χ4n) is 2.73. The van der Waals surface area contributed by atoms with Crippen molar-refractivity contribution in [1.29, 1.82) is 0 Å². The summed E-state index contributed by atoms with van der Waals surface area (Å²) in [5.41, 5.74) is 1.99. The molecular weight excluding hydrogens is 378 g/mol. The molecule has 3 N–H and O–H groups in total. The number of amides is 1. The Morgan fingerprint density at radius 2 is 1.90 bits per heavy atom. The molecule has 1 amide bonds. The molecule has 9 nitrogen and oxygen atoms in total. The van der Waals surface area contributed by atoms with E-state index < -0.39 is 22.3 Å². The molecule has 29 heavy (non-hydrogen) atoms. The summed E-state index contributed by atoms with van der Waals surface area (Å²) in [6.45, 7) is 1.87. The highest BCUT2D eigenvalue weighted by Crippen LogP contribution is 2.36. The molecule has 0 aliphatic rings. The highest BCUT2D eigenvalue weighted by atomic mass is 16.6. The van der Waals surface area contributed by atoms with Gasteiger partial charge in [0.05, 0.1) is 23.3 Å². The van der Waals surface area contributed by atoms with Crippen LogP contribution in [0, 0.1) is 10.1 Å². The number of nitrogens with zero attached hydrogens (tertiary/aromatic N) is 2. The molecule has 3 rings (SSSR count). The van der Waals surface area contributed by atoms with Gasteiger partial charge in [-0.25, -0.2) is 5.43 Å². The van der Waals surface area contributed by atoms with Gasteiger partial charge in [0.15, 0.2) is 5.75 Å². The third kappa shape index (κ3) is 4.24. The highest BCUT2D eigenvalue weighted by molar-refractivity contribution is 6.01. The Morgan fingerprint density at radius 1 is 1.21 bits per heavy atom. The molecular formula is C20H17N3O6. The van der Waals surface area contributed by atoms with Gasteiger partial charge in [0.25, 0.3) is 5.91 Å². The SMILES string of the molecule is CCOc1cc(C=NNC(=O)c2cc3ccccc3cc2O)cc([N+](=O)[O-])c1O. The molecule has 0 aliphatic carbocycles. The second-order valence-electron chi connectivity index (χ2n) is 5.99. The Kier molecular flexibility index (Phi) is 5.59. The van der Waals surface area contributed by atoms with E-state index in [1.54, 1.807) is 13.0 Å². The molecule has 0 saturated carbocycles. The van der Waals surface area contributed by atoms with Crippen molar-refractivity contribution in [3.63, 3.8) is 0 Å². The van der Waals surface area contributed by atoms with Gasteiger partial charge in [-0.3, -0.25) is 14.9 Å². The van der Waals surface area contributed by atoms with E-state index >= 15 is 0 Å². The van der Waals surface area contributed by atoms with E-state index in [2.05, 4.69) is 10.5 Å². The van der Waals surface area contributed by atoms with E-state index in [9.17, 15) is 25.1 Å². The van der Waals surface area contributed by atoms with E-state index in [4.69, 9.17) is 4.74 Å². The Morgan fingerprint density at radius 3 is 2.55 bits per heavy atom. The van der Waals surface area contributed by atoms with Crippen molar-refractivity contribution in [2.75, 3.05) is 6.61 Å². The molecule has 0 heterocycles. The predicted molar refractivity (Wildman–Crippen MR) is 107 cm³/mol. The number of carbonyl (C=O) groups excluding carboxylic acids is 1. The monoisotopic (exact) mass is 395 g/mol. The number of ether oxygens (including phenoxy) is 1. The van der Waals surface area contributed by atoms with E-state index in [0.29, 0.717) is 0 Å². The third-order valence-electron chi connectivity index (χ3n) is 4.06. The topological polar surface area (TPSA) is 134 Å². The third-order valence-corrected chi connectivity index (χ3v) is 4.06. The van der Waals surface area contributed by atoms with Crippen LogP contribution in [-0.2, 0) is 0 Å². The number of nitro groups is 1. The molecule has 0 bridgehead atoms. The fraction of sp³-hybridized carbons (Fsp3) is 0.100. The van der Waals surface area contributed by atoms with Gasteiger partial charge in [0.2, 0.25) is 5.75 Å². The number of hydrogen-bond acceptors (Lipinski definition) is 7. The minimum Gasteiger partial charge on any atom is -0.507 e. The largest absolute Gasteiger partial charge is 0.507 e. The highest BCUT2D eigenvalue weighted by Gasteiger charge is 2.19. The van der Waals surface area contributed by atoms with E-state index in [1.165, 1.54) is 24.4 Å². The van der Waals surface area contributed by atoms with Crippen LogP contribution in [0.25, 0.3) is 10.8 Å². The fourth-order valence-corrected chi connectivity index (χ4v) is 2.73. The van der Waals surface area contributed by atoms with Gasteiger partial charge in [-0.1, -0.05) is 24.3 Å². The van der Waals surface area contributed by atoms with Crippen LogP contribution in [0.5, 0.6) is 17.2 Å². The number of hydrogen-bond donors (Lipinski definition) is 3. The summed E-state index contributed by atoms with van der Waals surface area (Å²) in [7, 11) is 0. The van der Waals surface area contributed by atoms with Gasteiger partial charge in [-0.15, -0.1) is 0 Å². The van der Waals surface area contributed by atoms with Crippen LogP contribution in [-0.4, -0.2) is 33.9 Å². The zero-order valence-electron chi connectivity index (χ0n) is 15.3. The Balaban J connectivity index is 1.83. The first-order valence-electron chi connectivity index (χ1n) is 8.60. The van der Waals surface area contributed by atoms with Gasteiger partial charge in [-0.2, -0.15) is 5.10 Å². The number of rotatable bonds is 6. The number of phenolic OH excluding ortho intramolecular Hbond substituents is 2. The van der Waals surface area contributed by atoms with Crippen LogP contribution >= 0.6 is 0 Å². The molecule has 0 radical (unpaired) electrons. The maximum atomic E-state index is 12.3. The normalized spacial score (nSPS) is 10.9. The number of aromatic hydroxyl groups is 2. The molecule has 0 spiro atoms. The quantitative estimate of drug-likeness (QED) is 0.333. The first-order valence-corrected chi connectivity index (χ1v) is 8.60. The van der Waals surface area contributed by atoms with Crippen LogP contribution in [0.2, 0.25) is 0 Å². The van der Waals surface area contributed by atoms with E-state index in [-0.39, 0.29) is 29.2 Å². The summed E-state index contributed by atoms with van der Waals surface area (Å²) in [6.07, 6.45) is 1.17. The maximum absolute atomic E-state index is 12.3. The number of hydrazone groups is 1. The number of nitro benzene ring substituents is 1. The second kappa shape index (κ2) is 8.26. The molecule has 0 fully saturated rings. The molecule has 0 atom stereocenters. The van der Waals surface area contributed by atoms with Crippen molar-refractivity contribution in [3.05, 3.63) is 69.8 Å². The lowest BCUT2D eigenvalue weighted by molar-refractivity contribution is -0.386. The number of nitrogens with one attached hydrogen (secondary N) is 1. The maximum Gasteiger partial charge on any atom is 0.315 e. The lowest BCUT2D eigenvalue weighted by atomic mass is 10.1. The van der Waals surface area contributed by atoms with Crippen molar-refractivity contribution < 1.29 is 24.7 Å². The standard InChI is InChI=1S/C20H17N3O6/c1-2-29-18-8-12(7-16(19(18)25)23(27)28)11-21-22-20(26)15-9-13-5-3-4-6-14(13)10-17(15)24/h3-11,24-25H,2H2,1H3,(H,22,26). The van der Waals surface area contributed by atoms with Crippen LogP contribution in [0.4, 0.5) is 5.69 Å². The van der Waals surface area contributed by atoms with Gasteiger partial charge in [0, 0.05) is 11.6 Å². The number of benzene rings is 3.